The number of rotatable bonds is 14. The second kappa shape index (κ2) is 16.1. The Morgan fingerprint density at radius 3 is 1.91 bits per heavy atom. The van der Waals surface area contributed by atoms with E-state index in [9.17, 15) is 14.4 Å². The molecule has 0 fully saturated rings. The van der Waals surface area contributed by atoms with E-state index in [1.54, 1.807) is 91.0 Å². The Morgan fingerprint density at radius 1 is 0.778 bits per heavy atom. The van der Waals surface area contributed by atoms with Crippen LogP contribution in [0.5, 0.6) is 0 Å². The number of amides is 3. The molecule has 4 aromatic carbocycles. The van der Waals surface area contributed by atoms with E-state index in [2.05, 4.69) is 15.4 Å². The first-order valence-corrected chi connectivity index (χ1v) is 16.6. The number of unbranched alkanes of at least 4 members (excludes halogenated alkanes) is 1. The molecule has 9 nitrogen and oxygen atoms in total. The molecule has 2 N–H and O–H groups in total. The van der Waals surface area contributed by atoms with Gasteiger partial charge in [0.1, 0.15) is 0 Å². The number of benzene rings is 4. The van der Waals surface area contributed by atoms with Gasteiger partial charge in [-0.25, -0.2) is 0 Å². The standard InChI is InChI=1S/C35H36N5O4P/c1-2-3-22-37-34(42)27-20-21-31(32(25-27)45(44,29-16-9-5-10-17-29)30-18-11-6-12-19-30)35(43)38-23-13-24-40(33(41)26-39-36)28-14-7-4-8-15-28/h4-12,14-21,25-26H,2-3,13,22-24H2,1H3,(H,37,42)(H,38,43). The zero-order valence-electron chi connectivity index (χ0n) is 25.1. The van der Waals surface area contributed by atoms with Crippen molar-refractivity contribution in [3.05, 3.63) is 126 Å². The van der Waals surface area contributed by atoms with Gasteiger partial charge in [-0.1, -0.05) is 92.2 Å². The highest BCUT2D eigenvalue weighted by atomic mass is 31.2. The molecule has 3 amide bonds. The summed E-state index contributed by atoms with van der Waals surface area (Å²) >= 11 is 0. The maximum atomic E-state index is 15.3. The molecule has 0 saturated heterocycles. The average molecular weight is 622 g/mol. The summed E-state index contributed by atoms with van der Waals surface area (Å²) < 4.78 is 15.3. The van der Waals surface area contributed by atoms with Crippen LogP contribution in [0.3, 0.4) is 0 Å². The third kappa shape index (κ3) is 8.09. The number of anilines is 1. The van der Waals surface area contributed by atoms with Crippen LogP contribution >= 0.6 is 7.14 Å². The lowest BCUT2D eigenvalue weighted by Crippen LogP contribution is -2.37. The minimum Gasteiger partial charge on any atom is -0.361 e. The molecule has 0 bridgehead atoms. The number of hydrogen-bond donors (Lipinski definition) is 2. The van der Waals surface area contributed by atoms with E-state index in [1.165, 1.54) is 4.90 Å². The Bertz CT molecular complexity index is 1660. The molecular formula is C35H36N5O4P. The van der Waals surface area contributed by atoms with Crippen LogP contribution in [-0.4, -0.2) is 48.4 Å². The Balaban J connectivity index is 1.66. The second-order valence-corrected chi connectivity index (χ2v) is 13.0. The molecule has 0 aliphatic rings. The largest absolute Gasteiger partial charge is 0.361 e. The summed E-state index contributed by atoms with van der Waals surface area (Å²) in [5.41, 5.74) is 10.0. The average Bonchev–Trinajstić information content (AvgIpc) is 3.08. The fourth-order valence-electron chi connectivity index (χ4n) is 4.94. The molecule has 230 valence electrons. The molecule has 0 saturated carbocycles. The first-order chi connectivity index (χ1) is 21.9. The Kier molecular flexibility index (Phi) is 11.7. The van der Waals surface area contributed by atoms with Crippen LogP contribution in [0, 0.1) is 0 Å². The molecule has 0 aromatic heterocycles. The molecular weight excluding hydrogens is 585 g/mol. The highest BCUT2D eigenvalue weighted by Crippen LogP contribution is 2.43. The number of nitrogens with one attached hydrogen (secondary N) is 2. The molecule has 4 rings (SSSR count). The fourth-order valence-corrected chi connectivity index (χ4v) is 7.81. The van der Waals surface area contributed by atoms with E-state index in [-0.39, 0.29) is 29.9 Å². The van der Waals surface area contributed by atoms with Crippen molar-refractivity contribution in [1.29, 1.82) is 0 Å². The molecule has 0 aliphatic carbocycles. The first-order valence-electron chi connectivity index (χ1n) is 14.9. The van der Waals surface area contributed by atoms with Gasteiger partial charge >= 0.3 is 12.1 Å². The van der Waals surface area contributed by atoms with Crippen molar-refractivity contribution in [2.75, 3.05) is 24.5 Å². The summed E-state index contributed by atoms with van der Waals surface area (Å²) in [6, 6.07) is 31.6. The van der Waals surface area contributed by atoms with Crippen molar-refractivity contribution < 1.29 is 23.7 Å². The molecule has 10 heteroatoms. The van der Waals surface area contributed by atoms with Crippen LogP contribution in [0.4, 0.5) is 5.69 Å². The Hall–Kier alpha value is -5.10. The van der Waals surface area contributed by atoms with Crippen LogP contribution in [0.25, 0.3) is 5.53 Å². The minimum atomic E-state index is -3.61. The number of nitrogens with zero attached hydrogens (tertiary/aromatic N) is 3. The van der Waals surface area contributed by atoms with Crippen LogP contribution in [0.15, 0.2) is 109 Å². The van der Waals surface area contributed by atoms with Gasteiger partial charge in [0.2, 0.25) is 0 Å². The van der Waals surface area contributed by atoms with Gasteiger partial charge in [-0.05, 0) is 43.2 Å². The van der Waals surface area contributed by atoms with Gasteiger partial charge in [-0.15, -0.1) is 0 Å². The van der Waals surface area contributed by atoms with Gasteiger partial charge < -0.3 is 25.6 Å². The predicted octanol–water partition coefficient (Wildman–Crippen LogP) is 4.31. The lowest BCUT2D eigenvalue weighted by atomic mass is 10.1. The monoisotopic (exact) mass is 621 g/mol. The maximum Gasteiger partial charge on any atom is 0.345 e. The van der Waals surface area contributed by atoms with Gasteiger partial charge in [-0.2, -0.15) is 4.79 Å². The second-order valence-electron chi connectivity index (χ2n) is 10.3. The smallest absolute Gasteiger partial charge is 0.345 e. The Morgan fingerprint density at radius 2 is 1.33 bits per heavy atom. The molecule has 0 spiro atoms. The predicted molar refractivity (Wildman–Crippen MR) is 179 cm³/mol. The number of carbonyl (C=O) groups is 3. The third-order valence-corrected chi connectivity index (χ3v) is 10.3. The fraction of sp³-hybridized carbons (Fsp3) is 0.200. The third-order valence-electron chi connectivity index (χ3n) is 7.25. The lowest BCUT2D eigenvalue weighted by molar-refractivity contribution is -0.115. The first kappa shape index (κ1) is 32.8. The number of para-hydroxylation sites is 1. The van der Waals surface area contributed by atoms with E-state index in [0.717, 1.165) is 19.1 Å². The SMILES string of the molecule is CCCCNC(=O)c1ccc(C(=O)NCCCN(C(=O)C=[N+]=[N-])c2ccccc2)c(P(=O)(c2ccccc2)c2ccccc2)c1. The lowest BCUT2D eigenvalue weighted by Gasteiger charge is -2.23. The molecule has 45 heavy (non-hydrogen) atoms. The van der Waals surface area contributed by atoms with Crippen LogP contribution in [-0.2, 0) is 9.36 Å². The van der Waals surface area contributed by atoms with E-state index < -0.39 is 19.0 Å². The van der Waals surface area contributed by atoms with Crippen molar-refractivity contribution in [3.63, 3.8) is 0 Å². The van der Waals surface area contributed by atoms with Gasteiger partial charge in [0, 0.05) is 46.8 Å². The number of carbonyl (C=O) groups excluding carboxylic acids is 3. The highest BCUT2D eigenvalue weighted by Gasteiger charge is 2.34. The van der Waals surface area contributed by atoms with E-state index in [4.69, 9.17) is 5.53 Å². The summed E-state index contributed by atoms with van der Waals surface area (Å²) in [6.45, 7) is 2.99. The zero-order valence-corrected chi connectivity index (χ0v) is 26.0. The molecule has 0 unspecified atom stereocenters. The summed E-state index contributed by atoms with van der Waals surface area (Å²) in [4.78, 5) is 43.7. The number of hydrogen-bond acceptors (Lipinski definition) is 4. The van der Waals surface area contributed by atoms with Crippen LogP contribution in [0.1, 0.15) is 46.9 Å². The van der Waals surface area contributed by atoms with Crippen LogP contribution in [0.2, 0.25) is 0 Å². The molecule has 0 heterocycles. The van der Waals surface area contributed by atoms with Crippen molar-refractivity contribution in [3.8, 4) is 0 Å². The quantitative estimate of drug-likeness (QED) is 0.0714. The molecule has 0 radical (unpaired) electrons. The van der Waals surface area contributed by atoms with Gasteiger partial charge in [0.05, 0.1) is 5.56 Å². The van der Waals surface area contributed by atoms with Crippen molar-refractivity contribution >= 4 is 52.7 Å². The highest BCUT2D eigenvalue weighted by molar-refractivity contribution is 7.85. The van der Waals surface area contributed by atoms with Gasteiger partial charge in [-0.3, -0.25) is 14.4 Å². The molecule has 0 atom stereocenters. The topological polar surface area (TPSA) is 132 Å². The summed E-state index contributed by atoms with van der Waals surface area (Å²) in [6.07, 6.45) is 2.95. The van der Waals surface area contributed by atoms with Crippen molar-refractivity contribution in [2.24, 2.45) is 0 Å². The molecule has 4 aromatic rings. The normalized spacial score (nSPS) is 10.8. The van der Waals surface area contributed by atoms with Gasteiger partial charge in [0.15, 0.2) is 7.14 Å². The Labute approximate surface area is 263 Å². The maximum absolute atomic E-state index is 15.3. The van der Waals surface area contributed by atoms with E-state index in [1.807, 2.05) is 25.1 Å². The summed E-state index contributed by atoms with van der Waals surface area (Å²) in [5.74, 6) is -1.26. The summed E-state index contributed by atoms with van der Waals surface area (Å²) in [5, 5.41) is 7.15. The minimum absolute atomic E-state index is 0.194. The van der Waals surface area contributed by atoms with E-state index in [0.29, 0.717) is 34.8 Å². The zero-order chi connectivity index (χ0) is 32.1. The van der Waals surface area contributed by atoms with Crippen molar-refractivity contribution in [1.82, 2.24) is 10.6 Å². The van der Waals surface area contributed by atoms with Crippen molar-refractivity contribution in [2.45, 2.75) is 26.2 Å². The summed E-state index contributed by atoms with van der Waals surface area (Å²) in [7, 11) is -3.61. The molecule has 0 aliphatic heterocycles. The van der Waals surface area contributed by atoms with E-state index >= 15 is 4.57 Å². The van der Waals surface area contributed by atoms with Gasteiger partial charge in [0.25, 0.3) is 11.8 Å². The van der Waals surface area contributed by atoms with Crippen LogP contribution < -0.4 is 31.4 Å².